The summed E-state index contributed by atoms with van der Waals surface area (Å²) in [6.07, 6.45) is 3.27. The molecule has 144 valence electrons. The van der Waals surface area contributed by atoms with Crippen LogP contribution >= 0.6 is 46.6 Å². The van der Waals surface area contributed by atoms with Gasteiger partial charge in [0.1, 0.15) is 0 Å². The zero-order valence-electron chi connectivity index (χ0n) is 14.4. The standard InChI is InChI=1S/C18H14Cl3N5OS/c1-2-8-26-17(12-6-5-11(19)9-13(12)20)24-25-18(26)28-10-15(27)23-14-4-3-7-22-16(14)21/h2-7,9H,1,8,10H2,(H,23,27). The van der Waals surface area contributed by atoms with E-state index in [9.17, 15) is 4.79 Å². The lowest BCUT2D eigenvalue weighted by molar-refractivity contribution is -0.113. The molecule has 0 unspecified atom stereocenters. The summed E-state index contributed by atoms with van der Waals surface area (Å²) >= 11 is 19.5. The van der Waals surface area contributed by atoms with E-state index >= 15 is 0 Å². The number of thioether (sulfide) groups is 1. The maximum Gasteiger partial charge on any atom is 0.234 e. The van der Waals surface area contributed by atoms with Crippen molar-refractivity contribution in [1.82, 2.24) is 19.7 Å². The highest BCUT2D eigenvalue weighted by atomic mass is 35.5. The van der Waals surface area contributed by atoms with E-state index in [0.29, 0.717) is 38.8 Å². The summed E-state index contributed by atoms with van der Waals surface area (Å²) < 4.78 is 1.83. The van der Waals surface area contributed by atoms with Crippen molar-refractivity contribution in [2.45, 2.75) is 11.7 Å². The number of nitrogens with zero attached hydrogens (tertiary/aromatic N) is 4. The van der Waals surface area contributed by atoms with Crippen LogP contribution in [0.2, 0.25) is 15.2 Å². The summed E-state index contributed by atoms with van der Waals surface area (Å²) in [5.41, 5.74) is 1.15. The summed E-state index contributed by atoms with van der Waals surface area (Å²) in [5.74, 6) is 0.452. The molecule has 1 aromatic carbocycles. The van der Waals surface area contributed by atoms with Crippen LogP contribution in [0.4, 0.5) is 5.69 Å². The van der Waals surface area contributed by atoms with E-state index in [1.807, 2.05) is 4.57 Å². The molecule has 0 aliphatic heterocycles. The van der Waals surface area contributed by atoms with Crippen molar-refractivity contribution in [1.29, 1.82) is 0 Å². The normalized spacial score (nSPS) is 10.7. The third kappa shape index (κ3) is 4.86. The van der Waals surface area contributed by atoms with E-state index in [1.165, 1.54) is 11.8 Å². The number of amides is 1. The number of allylic oxidation sites excluding steroid dienone is 1. The molecule has 0 bridgehead atoms. The van der Waals surface area contributed by atoms with Gasteiger partial charge in [-0.1, -0.05) is 52.6 Å². The fourth-order valence-corrected chi connectivity index (χ4v) is 3.76. The molecule has 28 heavy (non-hydrogen) atoms. The lowest BCUT2D eigenvalue weighted by atomic mass is 10.2. The summed E-state index contributed by atoms with van der Waals surface area (Å²) in [4.78, 5) is 16.2. The van der Waals surface area contributed by atoms with Crippen LogP contribution in [0.5, 0.6) is 0 Å². The summed E-state index contributed by atoms with van der Waals surface area (Å²) in [6.45, 7) is 4.23. The maximum atomic E-state index is 12.2. The Morgan fingerprint density at radius 1 is 1.25 bits per heavy atom. The number of aromatic nitrogens is 4. The maximum absolute atomic E-state index is 12.2. The van der Waals surface area contributed by atoms with Crippen LogP contribution in [0.1, 0.15) is 0 Å². The van der Waals surface area contributed by atoms with E-state index in [1.54, 1.807) is 42.6 Å². The minimum atomic E-state index is -0.237. The van der Waals surface area contributed by atoms with Gasteiger partial charge < -0.3 is 5.32 Å². The Kier molecular flexibility index (Phi) is 6.96. The fraction of sp³-hybridized carbons (Fsp3) is 0.111. The monoisotopic (exact) mass is 453 g/mol. The van der Waals surface area contributed by atoms with Crippen LogP contribution in [-0.4, -0.2) is 31.4 Å². The summed E-state index contributed by atoms with van der Waals surface area (Å²) in [7, 11) is 0. The van der Waals surface area contributed by atoms with Crippen molar-refractivity contribution in [3.8, 4) is 11.4 Å². The van der Waals surface area contributed by atoms with Crippen molar-refractivity contribution in [3.05, 3.63) is 64.4 Å². The van der Waals surface area contributed by atoms with Crippen LogP contribution in [0, 0.1) is 0 Å². The number of rotatable bonds is 7. The average molecular weight is 455 g/mol. The summed E-state index contributed by atoms with van der Waals surface area (Å²) in [5, 5.41) is 12.9. The smallest absolute Gasteiger partial charge is 0.234 e. The van der Waals surface area contributed by atoms with Gasteiger partial charge in [0.2, 0.25) is 5.91 Å². The largest absolute Gasteiger partial charge is 0.323 e. The van der Waals surface area contributed by atoms with Crippen LogP contribution in [0.3, 0.4) is 0 Å². The second-order valence-corrected chi connectivity index (χ2v) is 7.65. The van der Waals surface area contributed by atoms with Crippen molar-refractivity contribution < 1.29 is 4.79 Å². The van der Waals surface area contributed by atoms with Gasteiger partial charge in [0.05, 0.1) is 16.5 Å². The number of pyridine rings is 1. The molecule has 10 heteroatoms. The zero-order chi connectivity index (χ0) is 20.1. The van der Waals surface area contributed by atoms with Crippen molar-refractivity contribution in [3.63, 3.8) is 0 Å². The Labute approximate surface area is 180 Å². The van der Waals surface area contributed by atoms with Crippen LogP contribution in [0.25, 0.3) is 11.4 Å². The number of nitrogens with one attached hydrogen (secondary N) is 1. The highest BCUT2D eigenvalue weighted by molar-refractivity contribution is 7.99. The van der Waals surface area contributed by atoms with E-state index in [0.717, 1.165) is 0 Å². The second kappa shape index (κ2) is 9.43. The number of benzene rings is 1. The molecule has 6 nitrogen and oxygen atoms in total. The van der Waals surface area contributed by atoms with Gasteiger partial charge in [-0.15, -0.1) is 16.8 Å². The Balaban J connectivity index is 1.77. The number of halogens is 3. The molecule has 0 spiro atoms. The van der Waals surface area contributed by atoms with Crippen LogP contribution < -0.4 is 5.32 Å². The highest BCUT2D eigenvalue weighted by Crippen LogP contribution is 2.31. The quantitative estimate of drug-likeness (QED) is 0.301. The van der Waals surface area contributed by atoms with Gasteiger partial charge >= 0.3 is 0 Å². The first kappa shape index (κ1) is 20.7. The minimum absolute atomic E-state index is 0.120. The molecule has 1 N–H and O–H groups in total. The van der Waals surface area contributed by atoms with E-state index in [2.05, 4.69) is 27.1 Å². The molecule has 0 radical (unpaired) electrons. The lowest BCUT2D eigenvalue weighted by Gasteiger charge is -2.09. The number of hydrogen-bond donors (Lipinski definition) is 1. The van der Waals surface area contributed by atoms with E-state index in [-0.39, 0.29) is 16.8 Å². The molecule has 3 aromatic rings. The highest BCUT2D eigenvalue weighted by Gasteiger charge is 2.17. The molecule has 2 aromatic heterocycles. The lowest BCUT2D eigenvalue weighted by Crippen LogP contribution is -2.15. The summed E-state index contributed by atoms with van der Waals surface area (Å²) in [6, 6.07) is 8.52. The predicted octanol–water partition coefficient (Wildman–Crippen LogP) is 5.22. The van der Waals surface area contributed by atoms with Gasteiger partial charge in [-0.3, -0.25) is 9.36 Å². The molecule has 0 aliphatic rings. The third-order valence-electron chi connectivity index (χ3n) is 3.57. The minimum Gasteiger partial charge on any atom is -0.323 e. The van der Waals surface area contributed by atoms with Gasteiger partial charge in [-0.25, -0.2) is 4.98 Å². The molecule has 1 amide bonds. The SMILES string of the molecule is C=CCn1c(SCC(=O)Nc2cccnc2Cl)nnc1-c1ccc(Cl)cc1Cl. The molecule has 3 rings (SSSR count). The van der Waals surface area contributed by atoms with Crippen LogP contribution in [-0.2, 0) is 11.3 Å². The number of hydrogen-bond acceptors (Lipinski definition) is 5. The molecular formula is C18H14Cl3N5OS. The van der Waals surface area contributed by atoms with Gasteiger partial charge in [0.15, 0.2) is 16.1 Å². The first-order valence-electron chi connectivity index (χ1n) is 8.02. The zero-order valence-corrected chi connectivity index (χ0v) is 17.5. The first-order chi connectivity index (χ1) is 13.5. The number of carbonyl (C=O) groups excluding carboxylic acids is 1. The molecule has 0 atom stereocenters. The Hall–Kier alpha value is -2.06. The Bertz CT molecular complexity index is 1020. The molecule has 0 fully saturated rings. The molecule has 0 saturated carbocycles. The van der Waals surface area contributed by atoms with E-state index in [4.69, 9.17) is 34.8 Å². The predicted molar refractivity (Wildman–Crippen MR) is 114 cm³/mol. The van der Waals surface area contributed by atoms with Crippen LogP contribution in [0.15, 0.2) is 54.3 Å². The second-order valence-electron chi connectivity index (χ2n) is 5.51. The van der Waals surface area contributed by atoms with E-state index < -0.39 is 0 Å². The van der Waals surface area contributed by atoms with Crippen molar-refractivity contribution in [2.75, 3.05) is 11.1 Å². The van der Waals surface area contributed by atoms with Gasteiger partial charge in [0.25, 0.3) is 0 Å². The van der Waals surface area contributed by atoms with Crippen molar-refractivity contribution >= 4 is 58.2 Å². The van der Waals surface area contributed by atoms with Gasteiger partial charge in [-0.05, 0) is 30.3 Å². The molecule has 0 saturated heterocycles. The number of anilines is 1. The first-order valence-corrected chi connectivity index (χ1v) is 10.1. The van der Waals surface area contributed by atoms with Gasteiger partial charge in [-0.2, -0.15) is 0 Å². The Morgan fingerprint density at radius 3 is 2.79 bits per heavy atom. The molecule has 0 aliphatic carbocycles. The Morgan fingerprint density at radius 2 is 2.07 bits per heavy atom. The third-order valence-corrected chi connectivity index (χ3v) is 5.38. The van der Waals surface area contributed by atoms with Crippen molar-refractivity contribution in [2.24, 2.45) is 0 Å². The number of carbonyl (C=O) groups is 1. The topological polar surface area (TPSA) is 72.7 Å². The average Bonchev–Trinajstić information content (AvgIpc) is 3.05. The van der Waals surface area contributed by atoms with Gasteiger partial charge in [0, 0.05) is 23.3 Å². The fourth-order valence-electron chi connectivity index (χ4n) is 2.35. The molecular weight excluding hydrogens is 441 g/mol. The molecule has 2 heterocycles.